The van der Waals surface area contributed by atoms with Crippen LogP contribution in [0.5, 0.6) is 5.75 Å². The van der Waals surface area contributed by atoms with Gasteiger partial charge in [-0.3, -0.25) is 9.36 Å². The SMILES string of the molecule is Nc1ncccc1-c1nc2ccc(-c3nccnc3F)nc2n1-c1ccc2c(c1)CC[C@@H]2NC(=O)c1ccc(OCc2ccccc2)c(C2OCCO2)c1. The molecule has 1 amide bonds. The second-order valence-corrected chi connectivity index (χ2v) is 13.0. The number of aryl methyl sites for hydroxylation is 1. The van der Waals surface area contributed by atoms with Crippen LogP contribution < -0.4 is 15.8 Å². The molecule has 2 aliphatic rings. The maximum Gasteiger partial charge on any atom is 0.251 e. The minimum Gasteiger partial charge on any atom is -0.488 e. The molecular weight excluding hydrogens is 688 g/mol. The largest absolute Gasteiger partial charge is 0.488 e. The van der Waals surface area contributed by atoms with E-state index in [2.05, 4.69) is 26.3 Å². The van der Waals surface area contributed by atoms with Gasteiger partial charge >= 0.3 is 0 Å². The van der Waals surface area contributed by atoms with Gasteiger partial charge in [0.2, 0.25) is 5.95 Å². The summed E-state index contributed by atoms with van der Waals surface area (Å²) in [7, 11) is 0. The summed E-state index contributed by atoms with van der Waals surface area (Å²) < 4.78 is 34.4. The van der Waals surface area contributed by atoms with Crippen molar-refractivity contribution in [1.29, 1.82) is 0 Å². The number of amides is 1. The Morgan fingerprint density at radius 2 is 1.74 bits per heavy atom. The van der Waals surface area contributed by atoms with Gasteiger partial charge in [0.1, 0.15) is 29.4 Å². The first kappa shape index (κ1) is 33.3. The average molecular weight is 721 g/mol. The molecule has 3 aromatic carbocycles. The quantitative estimate of drug-likeness (QED) is 0.165. The molecule has 1 fully saturated rings. The summed E-state index contributed by atoms with van der Waals surface area (Å²) in [4.78, 5) is 35.7. The summed E-state index contributed by atoms with van der Waals surface area (Å²) in [5, 5.41) is 3.24. The molecule has 268 valence electrons. The van der Waals surface area contributed by atoms with Crippen LogP contribution in [-0.4, -0.2) is 48.6 Å². The van der Waals surface area contributed by atoms with E-state index in [1.807, 2.05) is 53.1 Å². The Morgan fingerprint density at radius 3 is 2.57 bits per heavy atom. The normalized spacial score (nSPS) is 15.4. The lowest BCUT2D eigenvalue weighted by Gasteiger charge is -2.19. The first-order chi connectivity index (χ1) is 26.5. The van der Waals surface area contributed by atoms with Crippen LogP contribution in [0.15, 0.2) is 110 Å². The Bertz CT molecular complexity index is 2520. The number of hydrogen-bond acceptors (Lipinski definition) is 10. The summed E-state index contributed by atoms with van der Waals surface area (Å²) in [5.41, 5.74) is 13.4. The van der Waals surface area contributed by atoms with E-state index in [1.54, 1.807) is 42.6 Å². The van der Waals surface area contributed by atoms with E-state index in [0.29, 0.717) is 77.2 Å². The third kappa shape index (κ3) is 6.29. The highest BCUT2D eigenvalue weighted by Crippen LogP contribution is 2.37. The number of carbonyl (C=O) groups is 1. The average Bonchev–Trinajstić information content (AvgIpc) is 3.97. The van der Waals surface area contributed by atoms with Crippen LogP contribution in [0, 0.1) is 5.95 Å². The maximum atomic E-state index is 14.7. The van der Waals surface area contributed by atoms with Crippen molar-refractivity contribution >= 4 is 22.9 Å². The number of imidazole rings is 1. The molecule has 1 aliphatic carbocycles. The van der Waals surface area contributed by atoms with Crippen LogP contribution in [-0.2, 0) is 22.5 Å². The number of hydrogen-bond donors (Lipinski definition) is 2. The molecule has 1 atom stereocenters. The lowest BCUT2D eigenvalue weighted by Crippen LogP contribution is -2.27. The smallest absolute Gasteiger partial charge is 0.251 e. The highest BCUT2D eigenvalue weighted by Gasteiger charge is 2.28. The number of rotatable bonds is 9. The van der Waals surface area contributed by atoms with E-state index in [1.165, 1.54) is 12.4 Å². The Hall–Kier alpha value is -6.57. The zero-order chi connectivity index (χ0) is 36.6. The van der Waals surface area contributed by atoms with Crippen molar-refractivity contribution in [3.8, 4) is 34.2 Å². The molecular formula is C41H33FN8O4. The number of halogens is 1. The number of nitrogens with one attached hydrogen (secondary N) is 1. The zero-order valence-electron chi connectivity index (χ0n) is 28.9. The Morgan fingerprint density at radius 1 is 0.889 bits per heavy atom. The van der Waals surface area contributed by atoms with Gasteiger partial charge in [0.25, 0.3) is 5.91 Å². The van der Waals surface area contributed by atoms with Crippen LogP contribution in [0.1, 0.15) is 51.4 Å². The number of nitrogen functional groups attached to an aromatic ring is 1. The van der Waals surface area contributed by atoms with Gasteiger partial charge in [0.15, 0.2) is 17.8 Å². The summed E-state index contributed by atoms with van der Waals surface area (Å²) >= 11 is 0. The molecule has 4 aromatic heterocycles. The van der Waals surface area contributed by atoms with E-state index >= 15 is 0 Å². The molecule has 5 heterocycles. The third-order valence-corrected chi connectivity index (χ3v) is 9.63. The Kier molecular flexibility index (Phi) is 8.69. The van der Waals surface area contributed by atoms with Crippen molar-refractivity contribution in [2.75, 3.05) is 18.9 Å². The Labute approximate surface area is 308 Å². The summed E-state index contributed by atoms with van der Waals surface area (Å²) in [6.45, 7) is 1.30. The molecule has 9 rings (SSSR count). The van der Waals surface area contributed by atoms with Gasteiger partial charge < -0.3 is 25.3 Å². The molecule has 7 aromatic rings. The number of carbonyl (C=O) groups excluding carboxylic acids is 1. The topological polar surface area (TPSA) is 152 Å². The summed E-state index contributed by atoms with van der Waals surface area (Å²) in [5.74, 6) is 0.507. The predicted molar refractivity (Wildman–Crippen MR) is 198 cm³/mol. The molecule has 1 saturated heterocycles. The maximum absolute atomic E-state index is 14.7. The monoisotopic (exact) mass is 720 g/mol. The number of nitrogens with two attached hydrogens (primary N) is 1. The van der Waals surface area contributed by atoms with Gasteiger partial charge in [-0.15, -0.1) is 0 Å². The van der Waals surface area contributed by atoms with Crippen LogP contribution in [0.2, 0.25) is 0 Å². The fraction of sp³-hybridized carbons (Fsp3) is 0.171. The summed E-state index contributed by atoms with van der Waals surface area (Å²) in [6, 6.07) is 28.1. The van der Waals surface area contributed by atoms with Crippen molar-refractivity contribution in [2.24, 2.45) is 0 Å². The Balaban J connectivity index is 1.02. The molecule has 3 N–H and O–H groups in total. The standard InChI is InChI=1S/C41H33FN8O4/c42-36-35(44-17-18-45-36)32-13-14-33-39(47-32)50(38(48-33)29-7-4-16-46-37(29)43)27-10-11-28-25(21-27)8-12-31(28)49-40(51)26-9-15-34(30(22-26)41-52-19-20-53-41)54-23-24-5-2-1-3-6-24/h1-7,9-11,13-18,21-22,31,41H,8,12,19-20,23H2,(H2,43,46)(H,49,51)/t31-/m0/s1. The first-order valence-corrected chi connectivity index (χ1v) is 17.6. The number of nitrogens with zero attached hydrogens (tertiary/aromatic N) is 6. The number of aromatic nitrogens is 6. The van der Waals surface area contributed by atoms with Crippen molar-refractivity contribution < 1.29 is 23.4 Å². The zero-order valence-corrected chi connectivity index (χ0v) is 28.9. The lowest BCUT2D eigenvalue weighted by molar-refractivity contribution is -0.0459. The van der Waals surface area contributed by atoms with E-state index in [9.17, 15) is 9.18 Å². The number of pyridine rings is 2. The molecule has 0 bridgehead atoms. The van der Waals surface area contributed by atoms with E-state index in [0.717, 1.165) is 28.8 Å². The first-order valence-electron chi connectivity index (χ1n) is 17.6. The molecule has 0 saturated carbocycles. The minimum absolute atomic E-state index is 0.0342. The van der Waals surface area contributed by atoms with E-state index in [4.69, 9.17) is 29.9 Å². The van der Waals surface area contributed by atoms with E-state index in [-0.39, 0.29) is 17.6 Å². The predicted octanol–water partition coefficient (Wildman–Crippen LogP) is 6.70. The van der Waals surface area contributed by atoms with Gasteiger partial charge in [0, 0.05) is 29.8 Å². The number of benzene rings is 3. The van der Waals surface area contributed by atoms with Crippen LogP contribution >= 0.6 is 0 Å². The van der Waals surface area contributed by atoms with Crippen molar-refractivity contribution in [2.45, 2.75) is 31.8 Å². The summed E-state index contributed by atoms with van der Waals surface area (Å²) in [6.07, 6.45) is 5.16. The minimum atomic E-state index is -0.721. The molecule has 13 heteroatoms. The van der Waals surface area contributed by atoms with E-state index < -0.39 is 12.2 Å². The molecule has 54 heavy (non-hydrogen) atoms. The van der Waals surface area contributed by atoms with Gasteiger partial charge in [-0.2, -0.15) is 4.39 Å². The van der Waals surface area contributed by atoms with Crippen LogP contribution in [0.4, 0.5) is 10.2 Å². The number of fused-ring (bicyclic) bond motifs is 2. The van der Waals surface area contributed by atoms with Gasteiger partial charge in [0.05, 0.1) is 36.1 Å². The van der Waals surface area contributed by atoms with Gasteiger partial charge in [-0.1, -0.05) is 36.4 Å². The third-order valence-electron chi connectivity index (χ3n) is 9.63. The van der Waals surface area contributed by atoms with Crippen LogP contribution in [0.3, 0.4) is 0 Å². The molecule has 0 radical (unpaired) electrons. The number of anilines is 1. The van der Waals surface area contributed by atoms with Crippen molar-refractivity contribution in [3.63, 3.8) is 0 Å². The van der Waals surface area contributed by atoms with Crippen molar-refractivity contribution in [3.05, 3.63) is 143 Å². The fourth-order valence-electron chi connectivity index (χ4n) is 7.03. The fourth-order valence-corrected chi connectivity index (χ4v) is 7.03. The second kappa shape index (κ2) is 14.1. The molecule has 12 nitrogen and oxygen atoms in total. The highest BCUT2D eigenvalue weighted by molar-refractivity contribution is 5.95. The van der Waals surface area contributed by atoms with Crippen molar-refractivity contribution in [1.82, 2.24) is 34.8 Å². The van der Waals surface area contributed by atoms with Crippen LogP contribution in [0.25, 0.3) is 39.6 Å². The lowest BCUT2D eigenvalue weighted by atomic mass is 10.1. The molecule has 1 aliphatic heterocycles. The number of ether oxygens (including phenoxy) is 3. The molecule has 0 spiro atoms. The highest BCUT2D eigenvalue weighted by atomic mass is 19.1. The van der Waals surface area contributed by atoms with Gasteiger partial charge in [-0.05, 0) is 84.1 Å². The molecule has 0 unspecified atom stereocenters. The second-order valence-electron chi connectivity index (χ2n) is 13.0. The van der Waals surface area contributed by atoms with Gasteiger partial charge in [-0.25, -0.2) is 24.9 Å².